The van der Waals surface area contributed by atoms with Crippen LogP contribution in [0.4, 0.5) is 24.8 Å². The standard InChI is InChI=1S/C26H35F3N4O4S/c1-15(2)38(35,36)33(5)25-8-18(7-24(32-25)30-13-19-6-16(19)3)26(34)31-23(17(4)12-27)14-37-22-10-20(28)9-21(29)11-22/h7-11,15-17,19,23H,6,12-14H2,1-5H3,(H,30,32)(H,31,34). The summed E-state index contributed by atoms with van der Waals surface area (Å²) in [6.45, 7) is 6.38. The number of carbonyl (C=O) groups is 1. The van der Waals surface area contributed by atoms with Gasteiger partial charge in [-0.05, 0) is 44.2 Å². The first-order valence-corrected chi connectivity index (χ1v) is 14.0. The molecule has 0 saturated heterocycles. The first-order valence-electron chi connectivity index (χ1n) is 12.5. The lowest BCUT2D eigenvalue weighted by Crippen LogP contribution is -2.44. The molecular weight excluding hydrogens is 521 g/mol. The number of benzene rings is 1. The van der Waals surface area contributed by atoms with Crippen molar-refractivity contribution in [3.63, 3.8) is 0 Å². The number of hydrogen-bond donors (Lipinski definition) is 2. The molecule has 1 aromatic heterocycles. The molecule has 1 saturated carbocycles. The quantitative estimate of drug-likeness (QED) is 0.380. The predicted octanol–water partition coefficient (Wildman–Crippen LogP) is 4.39. The third-order valence-electron chi connectivity index (χ3n) is 6.71. The summed E-state index contributed by atoms with van der Waals surface area (Å²) in [5.41, 5.74) is 0.111. The molecule has 1 amide bonds. The fourth-order valence-electron chi connectivity index (χ4n) is 3.77. The Morgan fingerprint density at radius 3 is 2.34 bits per heavy atom. The predicted molar refractivity (Wildman–Crippen MR) is 141 cm³/mol. The monoisotopic (exact) mass is 556 g/mol. The number of rotatable bonds is 13. The number of pyridine rings is 1. The smallest absolute Gasteiger partial charge is 0.251 e. The number of amides is 1. The molecule has 4 atom stereocenters. The maximum atomic E-state index is 13.6. The topological polar surface area (TPSA) is 101 Å². The molecule has 4 unspecified atom stereocenters. The van der Waals surface area contributed by atoms with Gasteiger partial charge in [-0.25, -0.2) is 22.2 Å². The Labute approximate surface area is 222 Å². The summed E-state index contributed by atoms with van der Waals surface area (Å²) in [5.74, 6) is -1.61. The van der Waals surface area contributed by atoms with Gasteiger partial charge in [-0.2, -0.15) is 0 Å². The lowest BCUT2D eigenvalue weighted by Gasteiger charge is -2.25. The lowest BCUT2D eigenvalue weighted by molar-refractivity contribution is 0.0892. The molecule has 1 heterocycles. The van der Waals surface area contributed by atoms with E-state index in [0.29, 0.717) is 30.3 Å². The van der Waals surface area contributed by atoms with Crippen molar-refractivity contribution in [2.24, 2.45) is 17.8 Å². The fourth-order valence-corrected chi connectivity index (χ4v) is 4.76. The first-order chi connectivity index (χ1) is 17.8. The number of halogens is 3. The van der Waals surface area contributed by atoms with Crippen LogP contribution in [-0.4, -0.2) is 57.5 Å². The molecule has 210 valence electrons. The van der Waals surface area contributed by atoms with Crippen molar-refractivity contribution >= 4 is 27.6 Å². The molecule has 8 nitrogen and oxygen atoms in total. The van der Waals surface area contributed by atoms with Gasteiger partial charge in [0.25, 0.3) is 5.91 Å². The van der Waals surface area contributed by atoms with Gasteiger partial charge in [0, 0.05) is 43.3 Å². The Bertz CT molecular complexity index is 1220. The number of nitrogens with one attached hydrogen (secondary N) is 2. The second-order valence-electron chi connectivity index (χ2n) is 10.1. The second kappa shape index (κ2) is 12.2. The van der Waals surface area contributed by atoms with Crippen molar-refractivity contribution in [3.8, 4) is 5.75 Å². The van der Waals surface area contributed by atoms with E-state index in [1.165, 1.54) is 19.2 Å². The largest absolute Gasteiger partial charge is 0.491 e. The number of sulfonamides is 1. The second-order valence-corrected chi connectivity index (χ2v) is 12.7. The third-order valence-corrected chi connectivity index (χ3v) is 8.85. The molecule has 12 heteroatoms. The van der Waals surface area contributed by atoms with Gasteiger partial charge in [0.05, 0.1) is 18.0 Å². The van der Waals surface area contributed by atoms with Crippen LogP contribution in [0.1, 0.15) is 44.5 Å². The zero-order valence-corrected chi connectivity index (χ0v) is 23.0. The van der Waals surface area contributed by atoms with Crippen molar-refractivity contribution in [1.29, 1.82) is 0 Å². The van der Waals surface area contributed by atoms with Gasteiger partial charge in [0.1, 0.15) is 35.6 Å². The number of carbonyl (C=O) groups excluding carboxylic acids is 1. The van der Waals surface area contributed by atoms with E-state index in [2.05, 4.69) is 22.5 Å². The van der Waals surface area contributed by atoms with Gasteiger partial charge >= 0.3 is 0 Å². The molecule has 2 N–H and O–H groups in total. The summed E-state index contributed by atoms with van der Waals surface area (Å²) in [4.78, 5) is 17.7. The highest BCUT2D eigenvalue weighted by Crippen LogP contribution is 2.37. The van der Waals surface area contributed by atoms with Gasteiger partial charge in [0.15, 0.2) is 0 Å². The summed E-state index contributed by atoms with van der Waals surface area (Å²) in [5, 5.41) is 5.18. The maximum Gasteiger partial charge on any atom is 0.251 e. The SMILES string of the molecule is CC1CC1CNc1cc(C(=O)NC(COc2cc(F)cc(F)c2)C(C)CF)cc(N(C)S(=O)(=O)C(C)C)n1. The molecule has 0 bridgehead atoms. The zero-order valence-electron chi connectivity index (χ0n) is 22.2. The average molecular weight is 557 g/mol. The Morgan fingerprint density at radius 2 is 1.79 bits per heavy atom. The van der Waals surface area contributed by atoms with Gasteiger partial charge < -0.3 is 15.4 Å². The van der Waals surface area contributed by atoms with E-state index in [1.54, 1.807) is 20.8 Å². The fraction of sp³-hybridized carbons (Fsp3) is 0.538. The van der Waals surface area contributed by atoms with Crippen molar-refractivity contribution < 1.29 is 31.1 Å². The summed E-state index contributed by atoms with van der Waals surface area (Å²) in [7, 11) is -2.36. The Balaban J connectivity index is 1.84. The zero-order chi connectivity index (χ0) is 28.2. The Morgan fingerprint density at radius 1 is 1.16 bits per heavy atom. The molecule has 0 spiro atoms. The van der Waals surface area contributed by atoms with Gasteiger partial charge in [-0.1, -0.05) is 13.8 Å². The minimum atomic E-state index is -3.72. The van der Waals surface area contributed by atoms with Crippen LogP contribution < -0.4 is 19.7 Å². The van der Waals surface area contributed by atoms with E-state index >= 15 is 0 Å². The summed E-state index contributed by atoms with van der Waals surface area (Å²) < 4.78 is 72.6. The highest BCUT2D eigenvalue weighted by Gasteiger charge is 2.32. The Kier molecular flexibility index (Phi) is 9.50. The summed E-state index contributed by atoms with van der Waals surface area (Å²) in [6, 6.07) is 4.67. The van der Waals surface area contributed by atoms with Crippen molar-refractivity contribution in [2.75, 3.05) is 36.5 Å². The Hall–Kier alpha value is -3.02. The molecule has 1 aromatic carbocycles. The van der Waals surface area contributed by atoms with Crippen LogP contribution in [0.5, 0.6) is 5.75 Å². The number of alkyl halides is 1. The number of hydrogen-bond acceptors (Lipinski definition) is 6. The average Bonchev–Trinajstić information content (AvgIpc) is 3.57. The van der Waals surface area contributed by atoms with Gasteiger partial charge in [-0.15, -0.1) is 0 Å². The van der Waals surface area contributed by atoms with E-state index in [4.69, 9.17) is 4.74 Å². The van der Waals surface area contributed by atoms with Crippen molar-refractivity contribution in [3.05, 3.63) is 47.5 Å². The minimum absolute atomic E-state index is 0.0549. The van der Waals surface area contributed by atoms with Crippen LogP contribution in [0.2, 0.25) is 0 Å². The maximum absolute atomic E-state index is 13.6. The molecule has 0 radical (unpaired) electrons. The summed E-state index contributed by atoms with van der Waals surface area (Å²) >= 11 is 0. The molecular formula is C26H35F3N4O4S. The van der Waals surface area contributed by atoms with Crippen LogP contribution in [0.25, 0.3) is 0 Å². The van der Waals surface area contributed by atoms with Crippen molar-refractivity contribution in [1.82, 2.24) is 10.3 Å². The lowest BCUT2D eigenvalue weighted by atomic mass is 10.0. The molecule has 1 aliphatic carbocycles. The van der Waals surface area contributed by atoms with Gasteiger partial charge in [0.2, 0.25) is 10.0 Å². The van der Waals surface area contributed by atoms with E-state index in [9.17, 15) is 26.4 Å². The van der Waals surface area contributed by atoms with E-state index in [-0.39, 0.29) is 23.7 Å². The molecule has 1 fully saturated rings. The number of aromatic nitrogens is 1. The van der Waals surface area contributed by atoms with E-state index < -0.39 is 51.4 Å². The summed E-state index contributed by atoms with van der Waals surface area (Å²) in [6.07, 6.45) is 1.07. The molecule has 2 aromatic rings. The first kappa shape index (κ1) is 29.5. The van der Waals surface area contributed by atoms with Crippen LogP contribution in [0.15, 0.2) is 30.3 Å². The van der Waals surface area contributed by atoms with Crippen LogP contribution >= 0.6 is 0 Å². The normalized spacial score (nSPS) is 18.6. The molecule has 0 aliphatic heterocycles. The molecule has 1 aliphatic rings. The van der Waals surface area contributed by atoms with Crippen molar-refractivity contribution in [2.45, 2.75) is 45.4 Å². The minimum Gasteiger partial charge on any atom is -0.491 e. The van der Waals surface area contributed by atoms with Gasteiger partial charge in [-0.3, -0.25) is 13.5 Å². The van der Waals surface area contributed by atoms with E-state index in [1.807, 2.05) is 0 Å². The molecule has 3 rings (SSSR count). The highest BCUT2D eigenvalue weighted by atomic mass is 32.2. The van der Waals surface area contributed by atoms with Crippen LogP contribution in [0, 0.1) is 29.4 Å². The number of nitrogens with zero attached hydrogens (tertiary/aromatic N) is 2. The molecule has 38 heavy (non-hydrogen) atoms. The number of ether oxygens (including phenoxy) is 1. The van der Waals surface area contributed by atoms with Crippen LogP contribution in [0.3, 0.4) is 0 Å². The highest BCUT2D eigenvalue weighted by molar-refractivity contribution is 7.93. The van der Waals surface area contributed by atoms with E-state index in [0.717, 1.165) is 22.9 Å². The third kappa shape index (κ3) is 7.52. The number of anilines is 2. The van der Waals surface area contributed by atoms with Crippen LogP contribution in [-0.2, 0) is 10.0 Å².